The second kappa shape index (κ2) is 15.9. The first-order chi connectivity index (χ1) is 26.4. The number of hydrogen-bond acceptors (Lipinski definition) is 11. The van der Waals surface area contributed by atoms with Gasteiger partial charge in [0.25, 0.3) is 5.91 Å². The van der Waals surface area contributed by atoms with Gasteiger partial charge in [-0.05, 0) is 76.3 Å². The highest BCUT2D eigenvalue weighted by molar-refractivity contribution is 7.91. The molecule has 1 aromatic carbocycles. The summed E-state index contributed by atoms with van der Waals surface area (Å²) in [5.41, 5.74) is 0.309. The second-order valence-corrected chi connectivity index (χ2v) is 17.9. The molecule has 15 nitrogen and oxygen atoms in total. The Balaban J connectivity index is 1.19. The average molecular weight is 781 g/mol. The standard InChI is InChI=1S/C39H52N6O9S/c1-23(2)33-35(41-31-19-26(52-3)15-18-29(31)40-33)53-27-20-32-34(46)43-39(37(48)44-55(50,51)28-16-17-28)21-24(39)11-7-5-4-6-8-14-30(36(47)45(32)22-27)42-38(49)54-25-12-9-10-13-25/h7,11,15,18-19,23-25,27-28,30,32H,4-6,8-10,12-14,16-17,20-22H2,1-3H3,(H,42,49)(H,43,46)(H,44,48)/b11-7-/t24-,27-,30+,32+,39-/m1/s1. The van der Waals surface area contributed by atoms with Gasteiger partial charge in [0.1, 0.15) is 41.3 Å². The van der Waals surface area contributed by atoms with E-state index >= 15 is 0 Å². The topological polar surface area (TPSA) is 195 Å². The summed E-state index contributed by atoms with van der Waals surface area (Å²) in [5.74, 6) is -1.51. The Labute approximate surface area is 321 Å². The van der Waals surface area contributed by atoms with E-state index in [1.165, 1.54) is 4.90 Å². The zero-order chi connectivity index (χ0) is 38.9. The number of methoxy groups -OCH3 is 1. The van der Waals surface area contributed by atoms with E-state index in [9.17, 15) is 27.6 Å². The van der Waals surface area contributed by atoms with Crippen molar-refractivity contribution in [3.63, 3.8) is 0 Å². The number of carbonyl (C=O) groups excluding carboxylic acids is 4. The van der Waals surface area contributed by atoms with Gasteiger partial charge in [-0.3, -0.25) is 19.1 Å². The molecule has 0 spiro atoms. The molecule has 0 bridgehead atoms. The number of allylic oxidation sites excluding steroid dienone is 1. The van der Waals surface area contributed by atoms with Crippen LogP contribution in [0.25, 0.3) is 11.0 Å². The molecule has 2 aromatic rings. The molecule has 4 amide bonds. The van der Waals surface area contributed by atoms with Crippen molar-refractivity contribution in [1.29, 1.82) is 0 Å². The minimum Gasteiger partial charge on any atom is -0.497 e. The molecule has 298 valence electrons. The first-order valence-electron chi connectivity index (χ1n) is 19.7. The minimum absolute atomic E-state index is 0.0132. The van der Waals surface area contributed by atoms with E-state index in [0.717, 1.165) is 38.5 Å². The molecule has 1 saturated heterocycles. The first-order valence-corrected chi connectivity index (χ1v) is 21.3. The van der Waals surface area contributed by atoms with Gasteiger partial charge in [0.2, 0.25) is 27.7 Å². The predicted octanol–water partition coefficient (Wildman–Crippen LogP) is 4.15. The molecule has 5 aliphatic rings. The molecule has 5 atom stereocenters. The van der Waals surface area contributed by atoms with Crippen molar-refractivity contribution in [2.45, 2.75) is 138 Å². The van der Waals surface area contributed by atoms with Crippen molar-refractivity contribution in [1.82, 2.24) is 30.2 Å². The van der Waals surface area contributed by atoms with E-state index in [0.29, 0.717) is 54.6 Å². The lowest BCUT2D eigenvalue weighted by Crippen LogP contribution is -2.58. The van der Waals surface area contributed by atoms with E-state index in [1.807, 2.05) is 32.1 Å². The van der Waals surface area contributed by atoms with E-state index in [2.05, 4.69) is 15.4 Å². The Kier molecular flexibility index (Phi) is 11.2. The smallest absolute Gasteiger partial charge is 0.408 e. The van der Waals surface area contributed by atoms with Crippen molar-refractivity contribution >= 4 is 44.9 Å². The van der Waals surface area contributed by atoms with Crippen LogP contribution >= 0.6 is 0 Å². The lowest BCUT2D eigenvalue weighted by Gasteiger charge is -2.30. The van der Waals surface area contributed by atoms with E-state index in [1.54, 1.807) is 19.2 Å². The molecular formula is C39H52N6O9S. The number of rotatable bonds is 9. The molecule has 3 saturated carbocycles. The van der Waals surface area contributed by atoms with Gasteiger partial charge in [-0.1, -0.05) is 38.8 Å². The first kappa shape index (κ1) is 38.8. The van der Waals surface area contributed by atoms with Crippen molar-refractivity contribution < 1.29 is 41.8 Å². The molecule has 3 N–H and O–H groups in total. The summed E-state index contributed by atoms with van der Waals surface area (Å²) >= 11 is 0. The number of aromatic nitrogens is 2. The number of nitrogens with zero attached hydrogens (tertiary/aromatic N) is 3. The van der Waals surface area contributed by atoms with Gasteiger partial charge >= 0.3 is 6.09 Å². The van der Waals surface area contributed by atoms with Gasteiger partial charge in [0.15, 0.2) is 0 Å². The Morgan fingerprint density at radius 2 is 1.75 bits per heavy atom. The lowest BCUT2D eigenvalue weighted by atomic mass is 10.0. The maximum absolute atomic E-state index is 14.6. The summed E-state index contributed by atoms with van der Waals surface area (Å²) in [5, 5.41) is 5.09. The summed E-state index contributed by atoms with van der Waals surface area (Å²) in [6.07, 6.45) is 10.2. The SMILES string of the molecule is COc1ccc2nc(C(C)C)c(O[C@@H]3C[C@H]4C(=O)N[C@]5(C(=O)NS(=O)(=O)C6CC6)C[C@H]5/C=C\CCCCC[C@H](NC(=O)OC5CCCC5)C(=O)N4C3)nc2c1. The number of sulfonamides is 1. The Morgan fingerprint density at radius 1 is 0.982 bits per heavy atom. The third-order valence-electron chi connectivity index (χ3n) is 11.4. The van der Waals surface area contributed by atoms with Gasteiger partial charge in [-0.2, -0.15) is 0 Å². The quantitative estimate of drug-likeness (QED) is 0.310. The molecule has 3 aliphatic carbocycles. The van der Waals surface area contributed by atoms with E-state index in [4.69, 9.17) is 24.2 Å². The fraction of sp³-hybridized carbons (Fsp3) is 0.641. The van der Waals surface area contributed by atoms with Crippen LogP contribution in [0.5, 0.6) is 11.6 Å². The molecule has 3 heterocycles. The zero-order valence-corrected chi connectivity index (χ0v) is 32.6. The van der Waals surface area contributed by atoms with Crippen molar-refractivity contribution in [2.75, 3.05) is 13.7 Å². The highest BCUT2D eigenvalue weighted by Gasteiger charge is 2.62. The number of alkyl carbamates (subject to hydrolysis) is 1. The van der Waals surface area contributed by atoms with Gasteiger partial charge in [0, 0.05) is 24.3 Å². The van der Waals surface area contributed by atoms with E-state index < -0.39 is 68.7 Å². The molecule has 2 aliphatic heterocycles. The number of carbonyl (C=O) groups is 4. The van der Waals surface area contributed by atoms with Crippen molar-refractivity contribution in [2.24, 2.45) is 5.92 Å². The lowest BCUT2D eigenvalue weighted by molar-refractivity contribution is -0.141. The van der Waals surface area contributed by atoms with Gasteiger partial charge in [0.05, 0.1) is 29.9 Å². The summed E-state index contributed by atoms with van der Waals surface area (Å²) in [6.45, 7) is 3.93. The van der Waals surface area contributed by atoms with Crippen LogP contribution < -0.4 is 24.8 Å². The van der Waals surface area contributed by atoms with Crippen LogP contribution in [0.3, 0.4) is 0 Å². The summed E-state index contributed by atoms with van der Waals surface area (Å²) in [7, 11) is -2.33. The van der Waals surface area contributed by atoms with Crippen molar-refractivity contribution in [3.05, 3.63) is 36.0 Å². The number of hydrogen-bond donors (Lipinski definition) is 3. The van der Waals surface area contributed by atoms with E-state index in [-0.39, 0.29) is 37.3 Å². The number of benzene rings is 1. The van der Waals surface area contributed by atoms with Gasteiger partial charge in [-0.15, -0.1) is 0 Å². The number of amides is 4. The third-order valence-corrected chi connectivity index (χ3v) is 13.2. The zero-order valence-electron chi connectivity index (χ0n) is 31.8. The Morgan fingerprint density at radius 3 is 2.47 bits per heavy atom. The van der Waals surface area contributed by atoms with Crippen molar-refractivity contribution in [3.8, 4) is 11.6 Å². The Bertz CT molecular complexity index is 1950. The number of nitrogens with one attached hydrogen (secondary N) is 3. The van der Waals surface area contributed by atoms with Gasteiger partial charge in [-0.25, -0.2) is 23.2 Å². The molecule has 16 heteroatoms. The molecule has 4 fully saturated rings. The summed E-state index contributed by atoms with van der Waals surface area (Å²) in [6, 6.07) is 3.29. The van der Waals surface area contributed by atoms with Crippen LogP contribution in [0, 0.1) is 5.92 Å². The molecule has 1 aromatic heterocycles. The largest absolute Gasteiger partial charge is 0.497 e. The monoisotopic (exact) mass is 780 g/mol. The predicted molar refractivity (Wildman–Crippen MR) is 202 cm³/mol. The molecule has 0 radical (unpaired) electrons. The van der Waals surface area contributed by atoms with Crippen LogP contribution in [-0.4, -0.2) is 95.8 Å². The van der Waals surface area contributed by atoms with Crippen LogP contribution in [-0.2, 0) is 29.1 Å². The third kappa shape index (κ3) is 8.68. The van der Waals surface area contributed by atoms with Crippen LogP contribution in [0.1, 0.15) is 109 Å². The van der Waals surface area contributed by atoms with Crippen LogP contribution in [0.2, 0.25) is 0 Å². The van der Waals surface area contributed by atoms with Crippen LogP contribution in [0.15, 0.2) is 30.4 Å². The van der Waals surface area contributed by atoms with Crippen LogP contribution in [0.4, 0.5) is 4.79 Å². The number of fused-ring (bicyclic) bond motifs is 3. The van der Waals surface area contributed by atoms with Gasteiger partial charge < -0.3 is 29.7 Å². The molecule has 0 unspecified atom stereocenters. The highest BCUT2D eigenvalue weighted by Crippen LogP contribution is 2.46. The normalized spacial score (nSPS) is 28.3. The maximum atomic E-state index is 14.6. The molecular weight excluding hydrogens is 729 g/mol. The molecule has 55 heavy (non-hydrogen) atoms. The minimum atomic E-state index is -3.89. The summed E-state index contributed by atoms with van der Waals surface area (Å²) < 4.78 is 45.6. The number of ether oxygens (including phenoxy) is 3. The molecule has 7 rings (SSSR count). The summed E-state index contributed by atoms with van der Waals surface area (Å²) in [4.78, 5) is 67.0. The maximum Gasteiger partial charge on any atom is 0.408 e. The fourth-order valence-corrected chi connectivity index (χ4v) is 9.32. The second-order valence-electron chi connectivity index (χ2n) is 15.9. The Hall–Kier alpha value is -4.47. The average Bonchev–Trinajstić information content (AvgIpc) is 4.03. The fourth-order valence-electron chi connectivity index (χ4n) is 7.96. The highest BCUT2D eigenvalue weighted by atomic mass is 32.2.